The summed E-state index contributed by atoms with van der Waals surface area (Å²) in [5.74, 6) is 0.903. The van der Waals surface area contributed by atoms with Gasteiger partial charge in [-0.05, 0) is 112 Å². The van der Waals surface area contributed by atoms with Crippen LogP contribution >= 0.6 is 11.6 Å². The van der Waals surface area contributed by atoms with E-state index >= 15 is 4.79 Å². The number of carbonyl (C=O) groups excluding carboxylic acids is 4. The van der Waals surface area contributed by atoms with Crippen LogP contribution < -0.4 is 25.4 Å². The molecule has 4 aliphatic heterocycles. The van der Waals surface area contributed by atoms with Gasteiger partial charge in [0.1, 0.15) is 47.6 Å². The van der Waals surface area contributed by atoms with Crippen molar-refractivity contribution in [1.29, 1.82) is 5.26 Å². The van der Waals surface area contributed by atoms with Gasteiger partial charge in [-0.1, -0.05) is 79.2 Å². The average Bonchev–Trinajstić information content (AvgIpc) is 4.09. The highest BCUT2D eigenvalue weighted by Gasteiger charge is 2.46. The van der Waals surface area contributed by atoms with Crippen molar-refractivity contribution >= 4 is 52.7 Å². The molecule has 2 fully saturated rings. The van der Waals surface area contributed by atoms with Crippen LogP contribution in [0, 0.1) is 24.1 Å². The molecule has 10 rings (SSSR count). The number of piperazine rings is 1. The maximum absolute atomic E-state index is 15.2. The zero-order chi connectivity index (χ0) is 59.2. The van der Waals surface area contributed by atoms with Crippen LogP contribution in [-0.2, 0) is 22.7 Å². The van der Waals surface area contributed by atoms with Crippen LogP contribution in [0.2, 0.25) is 5.02 Å². The van der Waals surface area contributed by atoms with E-state index in [1.54, 1.807) is 39.7 Å². The molecule has 0 saturated carbocycles. The minimum Gasteiger partial charge on any atom is -0.497 e. The quantitative estimate of drug-likeness (QED) is 0.0774. The molecule has 6 aromatic rings. The van der Waals surface area contributed by atoms with Crippen LogP contribution in [0.3, 0.4) is 0 Å². The number of pyridine rings is 1. The predicted octanol–water partition coefficient (Wildman–Crippen LogP) is 10.6. The maximum Gasteiger partial charge on any atom is 0.326 e. The molecule has 84 heavy (non-hydrogen) atoms. The Bertz CT molecular complexity index is 3490. The summed E-state index contributed by atoms with van der Waals surface area (Å²) >= 11 is 6.42. The summed E-state index contributed by atoms with van der Waals surface area (Å²) in [7, 11) is 3.27. The number of nitrogen functional groups attached to an aromatic ring is 1. The fourth-order valence-electron chi connectivity index (χ4n) is 12.0. The first-order chi connectivity index (χ1) is 40.6. The van der Waals surface area contributed by atoms with Crippen molar-refractivity contribution in [2.75, 3.05) is 64.1 Å². The first kappa shape index (κ1) is 58.7. The number of rotatable bonds is 18. The van der Waals surface area contributed by atoms with Crippen LogP contribution in [-0.4, -0.2) is 123 Å². The second-order valence-corrected chi connectivity index (χ2v) is 22.8. The number of amidine groups is 1. The molecule has 6 heterocycles. The molecule has 0 unspecified atom stereocenters. The van der Waals surface area contributed by atoms with Gasteiger partial charge in [-0.2, -0.15) is 10.4 Å². The fourth-order valence-corrected chi connectivity index (χ4v) is 12.1. The number of fused-ring (bicyclic) bond motifs is 8. The summed E-state index contributed by atoms with van der Waals surface area (Å²) in [4.78, 5) is 75.1. The number of aliphatic imine (C=N–C) groups is 1. The number of aryl methyl sites for hydroxylation is 1. The van der Waals surface area contributed by atoms with Crippen molar-refractivity contribution in [2.24, 2.45) is 4.99 Å². The Labute approximate surface area is 495 Å². The van der Waals surface area contributed by atoms with Crippen LogP contribution in [0.4, 0.5) is 20.7 Å². The Balaban J connectivity index is 0.717. The number of nitrogens with zero attached hydrogens (tertiary/aromatic N) is 10. The number of anilines is 2. The Morgan fingerprint density at radius 1 is 0.893 bits per heavy atom. The SMILES string of the molecule is COc1ccc(C2=N[C@@H](c3ccc(C)cc3)[C@@H](c3ccc(Cl)cc3)N2C(=O)N2CCN(CCCCCCCCC(=O)NCCn3nc(C#N)c4c3CN(C)C(=O)c3ccc(F)cc3[C@H]3CCCN3c3cc-4cnc3N)C(=O)C2)c(OC(C)C)c1. The van der Waals surface area contributed by atoms with E-state index in [9.17, 15) is 24.0 Å². The van der Waals surface area contributed by atoms with Gasteiger partial charge >= 0.3 is 6.03 Å². The zero-order valence-electron chi connectivity index (χ0n) is 48.3. The molecule has 18 nitrogen and oxygen atoms in total. The number of nitrogens with two attached hydrogens (primary N) is 1. The number of methoxy groups -OCH3 is 1. The normalized spacial score (nSPS) is 17.7. The third-order valence-corrected chi connectivity index (χ3v) is 16.5. The van der Waals surface area contributed by atoms with E-state index in [1.165, 1.54) is 18.2 Å². The Kier molecular flexibility index (Phi) is 18.1. The van der Waals surface area contributed by atoms with E-state index in [-0.39, 0.29) is 73.6 Å². The van der Waals surface area contributed by atoms with Gasteiger partial charge in [0, 0.05) is 80.2 Å². The largest absolute Gasteiger partial charge is 0.497 e. The topological polar surface area (TPSA) is 208 Å². The molecule has 3 N–H and O–H groups in total. The highest BCUT2D eigenvalue weighted by atomic mass is 35.5. The number of halogens is 2. The number of amides is 5. The molecule has 3 atom stereocenters. The van der Waals surface area contributed by atoms with Gasteiger partial charge in [-0.15, -0.1) is 0 Å². The lowest BCUT2D eigenvalue weighted by Crippen LogP contribution is -2.56. The summed E-state index contributed by atoms with van der Waals surface area (Å²) < 4.78 is 28.4. The van der Waals surface area contributed by atoms with Gasteiger partial charge in [0.2, 0.25) is 11.8 Å². The van der Waals surface area contributed by atoms with Gasteiger partial charge in [0.15, 0.2) is 5.69 Å². The number of urea groups is 1. The Morgan fingerprint density at radius 2 is 1.63 bits per heavy atom. The molecular formula is C64H72ClFN12O6. The van der Waals surface area contributed by atoms with Crippen LogP contribution in [0.5, 0.6) is 11.5 Å². The number of nitriles is 1. The minimum atomic E-state index is -0.566. The standard InChI is InChI=1S/C64H72ClFN12O6/c1-40(2)84-55-35-47(83-5)24-26-49(55)62-71-59(42-17-15-41(3)16-18-42)60(43-19-21-45(65)22-20-43)78(62)64(82)75-32-31-74(57(80)39-75)28-11-9-7-6-8-10-14-56(79)69-27-30-77-54-38-73(4)63(81)48-25-23-46(66)34-50(48)52-13-12-29-76(52)53-33-44(37-70-61(53)68)58(54)51(36-67)72-77/h15-26,33-35,37,40,52,59-60H,6-14,27-32,38-39H2,1-5H3,(H2,68,70)(H,69,79)/t52-,59+,60-/m1/s1. The van der Waals surface area contributed by atoms with Crippen LogP contribution in [0.1, 0.15) is 139 Å². The Hall–Kier alpha value is -8.50. The van der Waals surface area contributed by atoms with Gasteiger partial charge in [0.25, 0.3) is 5.91 Å². The lowest BCUT2D eigenvalue weighted by molar-refractivity contribution is -0.135. The van der Waals surface area contributed by atoms with Crippen LogP contribution in [0.25, 0.3) is 11.1 Å². The van der Waals surface area contributed by atoms with Gasteiger partial charge < -0.3 is 40.1 Å². The third kappa shape index (κ3) is 12.7. The van der Waals surface area contributed by atoms with Gasteiger partial charge in [-0.25, -0.2) is 14.2 Å². The summed E-state index contributed by atoms with van der Waals surface area (Å²) in [6, 6.07) is 27.9. The highest BCUT2D eigenvalue weighted by Crippen LogP contribution is 2.47. The monoisotopic (exact) mass is 1160 g/mol. The highest BCUT2D eigenvalue weighted by molar-refractivity contribution is 6.30. The lowest BCUT2D eigenvalue weighted by Gasteiger charge is -2.38. The van der Waals surface area contributed by atoms with Crippen molar-refractivity contribution in [3.8, 4) is 28.7 Å². The van der Waals surface area contributed by atoms with Crippen molar-refractivity contribution in [3.63, 3.8) is 0 Å². The molecule has 438 valence electrons. The first-order valence-corrected chi connectivity index (χ1v) is 29.4. The van der Waals surface area contributed by atoms with E-state index in [4.69, 9.17) is 31.8 Å². The van der Waals surface area contributed by atoms with E-state index in [0.717, 1.165) is 55.2 Å². The van der Waals surface area contributed by atoms with Gasteiger partial charge in [-0.3, -0.25) is 29.0 Å². The number of hydrogen-bond donors (Lipinski definition) is 2. The minimum absolute atomic E-state index is 0.0739. The molecule has 2 saturated heterocycles. The summed E-state index contributed by atoms with van der Waals surface area (Å²) in [6.07, 6.45) is 8.44. The second-order valence-electron chi connectivity index (χ2n) is 22.4. The number of unbranched alkanes of at least 4 members (excludes halogenated alkanes) is 5. The second kappa shape index (κ2) is 26.0. The molecule has 0 radical (unpaired) electrons. The van der Waals surface area contributed by atoms with E-state index in [0.29, 0.717) is 107 Å². The predicted molar refractivity (Wildman–Crippen MR) is 320 cm³/mol. The third-order valence-electron chi connectivity index (χ3n) is 16.3. The zero-order valence-corrected chi connectivity index (χ0v) is 49.1. The fraction of sp³-hybridized carbons (Fsp3) is 0.406. The van der Waals surface area contributed by atoms with E-state index in [2.05, 4.69) is 26.4 Å². The first-order valence-electron chi connectivity index (χ1n) is 29.0. The number of aromatic nitrogens is 3. The molecular weight excluding hydrogens is 1090 g/mol. The Morgan fingerprint density at radius 3 is 2.37 bits per heavy atom. The van der Waals surface area contributed by atoms with Crippen molar-refractivity contribution in [2.45, 2.75) is 116 Å². The summed E-state index contributed by atoms with van der Waals surface area (Å²) in [5, 5.41) is 18.6. The van der Waals surface area contributed by atoms with E-state index < -0.39 is 17.9 Å². The van der Waals surface area contributed by atoms with E-state index in [1.807, 2.05) is 98.5 Å². The number of benzene rings is 4. The van der Waals surface area contributed by atoms with Crippen molar-refractivity contribution < 1.29 is 33.0 Å². The lowest BCUT2D eigenvalue weighted by atomic mass is 9.93. The smallest absolute Gasteiger partial charge is 0.326 e. The number of carbonyl (C=O) groups is 4. The molecule has 0 aliphatic carbocycles. The number of nitrogens with one attached hydrogen (secondary N) is 1. The molecule has 2 bridgehead atoms. The van der Waals surface area contributed by atoms with Crippen molar-refractivity contribution in [3.05, 3.63) is 153 Å². The molecule has 4 aromatic carbocycles. The molecule has 2 aromatic heterocycles. The molecule has 4 aliphatic rings. The molecule has 20 heteroatoms. The van der Waals surface area contributed by atoms with Crippen LogP contribution in [0.15, 0.2) is 102 Å². The maximum atomic E-state index is 15.2. The number of hydrogen-bond acceptors (Lipinski definition) is 12. The summed E-state index contributed by atoms with van der Waals surface area (Å²) in [5.41, 5.74) is 13.5. The average molecular weight is 1160 g/mol. The number of ether oxygens (including phenoxy) is 2. The molecule has 0 spiro atoms. The van der Waals surface area contributed by atoms with Crippen molar-refractivity contribution in [1.82, 2.24) is 39.7 Å². The molecule has 5 amide bonds. The summed E-state index contributed by atoms with van der Waals surface area (Å²) in [6.45, 7) is 8.35. The van der Waals surface area contributed by atoms with Gasteiger partial charge in [0.05, 0.1) is 55.3 Å².